The minimum Gasteiger partial charge on any atom is -0.458 e. The van der Waals surface area contributed by atoms with E-state index in [2.05, 4.69) is 32.9 Å². The van der Waals surface area contributed by atoms with E-state index in [1.807, 2.05) is 18.2 Å². The fourth-order valence-corrected chi connectivity index (χ4v) is 6.77. The van der Waals surface area contributed by atoms with Crippen LogP contribution in [-0.2, 0) is 23.9 Å². The van der Waals surface area contributed by atoms with Crippen molar-refractivity contribution in [3.8, 4) is 0 Å². The molecule has 2 aliphatic heterocycles. The van der Waals surface area contributed by atoms with Crippen LogP contribution >= 0.6 is 23.2 Å². The number of alkyl halides is 2. The van der Waals surface area contributed by atoms with E-state index in [1.54, 1.807) is 13.0 Å². The van der Waals surface area contributed by atoms with Crippen LogP contribution in [0, 0.1) is 41.4 Å². The lowest BCUT2D eigenvalue weighted by atomic mass is 9.56. The zero-order chi connectivity index (χ0) is 24.3. The number of carbonyl (C=O) groups excluding carboxylic acids is 3. The summed E-state index contributed by atoms with van der Waals surface area (Å²) in [7, 11) is 0. The Morgan fingerprint density at radius 2 is 1.61 bits per heavy atom. The molecule has 0 bridgehead atoms. The van der Waals surface area contributed by atoms with E-state index in [4.69, 9.17) is 32.7 Å². The number of hydrogen-bond donors (Lipinski definition) is 0. The number of epoxide rings is 1. The lowest BCUT2D eigenvalue weighted by Crippen LogP contribution is -2.54. The zero-order valence-electron chi connectivity index (χ0n) is 19.7. The Kier molecular flexibility index (Phi) is 6.48. The molecule has 10 atom stereocenters. The van der Waals surface area contributed by atoms with Gasteiger partial charge in [-0.3, -0.25) is 14.4 Å². The molecular formula is C26H32Cl2O5. The van der Waals surface area contributed by atoms with Crippen LogP contribution < -0.4 is 0 Å². The summed E-state index contributed by atoms with van der Waals surface area (Å²) in [5.74, 6) is -3.95. The van der Waals surface area contributed by atoms with E-state index in [1.165, 1.54) is 6.92 Å². The summed E-state index contributed by atoms with van der Waals surface area (Å²) in [5.41, 5.74) is -0.164. The average Bonchev–Trinajstić information content (AvgIpc) is 3.45. The number of rotatable bonds is 0. The van der Waals surface area contributed by atoms with Gasteiger partial charge in [0.2, 0.25) is 4.33 Å². The Morgan fingerprint density at radius 1 is 0.939 bits per heavy atom. The molecule has 7 heteroatoms. The fourth-order valence-electron chi connectivity index (χ4n) is 6.19. The monoisotopic (exact) mass is 494 g/mol. The Balaban J connectivity index is 1.78. The molecule has 0 N–H and O–H groups in total. The van der Waals surface area contributed by atoms with Gasteiger partial charge in [0.25, 0.3) is 0 Å². The highest BCUT2D eigenvalue weighted by Gasteiger charge is 2.65. The molecule has 0 radical (unpaired) electrons. The highest BCUT2D eigenvalue weighted by Crippen LogP contribution is 2.60. The molecule has 0 aromatic rings. The second-order valence-electron chi connectivity index (χ2n) is 10.4. The van der Waals surface area contributed by atoms with E-state index in [0.717, 1.165) is 6.42 Å². The van der Waals surface area contributed by atoms with E-state index in [0.29, 0.717) is 0 Å². The van der Waals surface area contributed by atoms with Gasteiger partial charge in [0, 0.05) is 5.92 Å². The van der Waals surface area contributed by atoms with Crippen LogP contribution in [0.25, 0.3) is 0 Å². The Labute approximate surface area is 205 Å². The van der Waals surface area contributed by atoms with Crippen molar-refractivity contribution in [2.24, 2.45) is 41.4 Å². The second kappa shape index (κ2) is 8.66. The first-order chi connectivity index (χ1) is 15.4. The van der Waals surface area contributed by atoms with Crippen molar-refractivity contribution in [2.75, 3.05) is 0 Å². The van der Waals surface area contributed by atoms with Gasteiger partial charge in [-0.1, -0.05) is 67.4 Å². The second-order valence-corrected chi connectivity index (χ2v) is 11.8. The summed E-state index contributed by atoms with van der Waals surface area (Å²) < 4.78 is 9.03. The molecule has 2 aliphatic carbocycles. The number of ketones is 2. The molecular weight excluding hydrogens is 463 g/mol. The molecule has 4 aliphatic rings. The quantitative estimate of drug-likeness (QED) is 0.158. The van der Waals surface area contributed by atoms with Crippen LogP contribution in [-0.4, -0.2) is 39.7 Å². The molecule has 180 valence electrons. The summed E-state index contributed by atoms with van der Waals surface area (Å²) >= 11 is 13.1. The summed E-state index contributed by atoms with van der Waals surface area (Å²) in [6.45, 7) is 9.36. The normalized spacial score (nSPS) is 49.1. The van der Waals surface area contributed by atoms with Gasteiger partial charge in [-0.2, -0.15) is 0 Å². The largest absolute Gasteiger partial charge is 0.458 e. The minimum atomic E-state index is -2.34. The number of allylic oxidation sites excluding steroid dienone is 5. The van der Waals surface area contributed by atoms with Gasteiger partial charge in [-0.25, -0.2) is 0 Å². The highest BCUT2D eigenvalue weighted by atomic mass is 35.5. The minimum absolute atomic E-state index is 0.00103. The van der Waals surface area contributed by atoms with Gasteiger partial charge in [-0.15, -0.1) is 0 Å². The third-order valence-electron chi connectivity index (χ3n) is 8.06. The topological polar surface area (TPSA) is 73.0 Å². The molecule has 1 saturated carbocycles. The maximum Gasteiger partial charge on any atom is 0.316 e. The summed E-state index contributed by atoms with van der Waals surface area (Å²) in [5, 5.41) is 0. The van der Waals surface area contributed by atoms with Gasteiger partial charge >= 0.3 is 5.97 Å². The van der Waals surface area contributed by atoms with Crippen LogP contribution in [0.1, 0.15) is 41.0 Å². The third kappa shape index (κ3) is 4.26. The van der Waals surface area contributed by atoms with E-state index in [-0.39, 0.29) is 41.3 Å². The molecule has 4 rings (SSSR count). The van der Waals surface area contributed by atoms with Crippen LogP contribution in [0.3, 0.4) is 0 Å². The van der Waals surface area contributed by atoms with Crippen LogP contribution in [0.15, 0.2) is 36.5 Å². The first-order valence-corrected chi connectivity index (χ1v) is 12.5. The molecule has 0 aromatic heterocycles. The zero-order valence-corrected chi connectivity index (χ0v) is 21.2. The number of hydrogen-bond acceptors (Lipinski definition) is 5. The molecule has 2 unspecified atom stereocenters. The maximum atomic E-state index is 14.0. The number of carbonyl (C=O) groups is 3. The van der Waals surface area contributed by atoms with E-state index < -0.39 is 39.8 Å². The number of esters is 1. The van der Waals surface area contributed by atoms with Gasteiger partial charge in [0.1, 0.15) is 12.0 Å². The fraction of sp³-hybridized carbons (Fsp3) is 0.654. The van der Waals surface area contributed by atoms with Crippen molar-refractivity contribution in [3.63, 3.8) is 0 Å². The first kappa shape index (κ1) is 24.7. The summed E-state index contributed by atoms with van der Waals surface area (Å²) in [4.78, 5) is 39.8. The number of halogens is 2. The van der Waals surface area contributed by atoms with Crippen LogP contribution in [0.5, 0.6) is 0 Å². The van der Waals surface area contributed by atoms with Gasteiger partial charge in [-0.05, 0) is 62.9 Å². The number of Topliss-reactive ketones (excluding diaryl/α,β-unsaturated/α-hetero) is 2. The predicted octanol–water partition coefficient (Wildman–Crippen LogP) is 4.86. The number of ether oxygens (including phenoxy) is 2. The van der Waals surface area contributed by atoms with Gasteiger partial charge < -0.3 is 9.47 Å². The van der Waals surface area contributed by atoms with E-state index >= 15 is 0 Å². The molecule has 1 saturated heterocycles. The average molecular weight is 495 g/mol. The molecule has 0 amide bonds. The Hall–Kier alpha value is -1.43. The van der Waals surface area contributed by atoms with Crippen molar-refractivity contribution in [3.05, 3.63) is 36.5 Å². The smallest absolute Gasteiger partial charge is 0.316 e. The molecule has 2 fully saturated rings. The van der Waals surface area contributed by atoms with Crippen molar-refractivity contribution in [2.45, 2.75) is 63.2 Å². The number of cyclic esters (lactones) is 1. The lowest BCUT2D eigenvalue weighted by molar-refractivity contribution is -0.154. The lowest BCUT2D eigenvalue weighted by Gasteiger charge is -2.47. The Bertz CT molecular complexity index is 937. The van der Waals surface area contributed by atoms with Crippen molar-refractivity contribution in [1.82, 2.24) is 0 Å². The first-order valence-electron chi connectivity index (χ1n) is 11.8. The molecule has 33 heavy (non-hydrogen) atoms. The number of fused-ring (bicyclic) bond motifs is 4. The molecule has 5 nitrogen and oxygen atoms in total. The summed E-state index contributed by atoms with van der Waals surface area (Å²) in [6.07, 6.45) is 12.1. The van der Waals surface area contributed by atoms with Crippen molar-refractivity contribution < 1.29 is 23.9 Å². The molecule has 2 heterocycles. The summed E-state index contributed by atoms with van der Waals surface area (Å²) in [6, 6.07) is 0. The van der Waals surface area contributed by atoms with E-state index in [9.17, 15) is 14.4 Å². The van der Waals surface area contributed by atoms with Crippen LogP contribution in [0.4, 0.5) is 0 Å². The van der Waals surface area contributed by atoms with Crippen molar-refractivity contribution in [1.29, 1.82) is 0 Å². The van der Waals surface area contributed by atoms with Crippen molar-refractivity contribution >= 4 is 40.7 Å². The highest BCUT2D eigenvalue weighted by molar-refractivity contribution is 6.68. The maximum absolute atomic E-state index is 14.0. The third-order valence-corrected chi connectivity index (χ3v) is 8.80. The molecule has 0 aromatic carbocycles. The standard InChI is InChI=1S/C26H32Cl2O5/c1-13-8-6-7-9-14(2)32-24(31)16(4)21(29)26(27,28)22(30)20-18(13)11-10-17-12-25(5)23(33-25)15(3)19(17)20/h6-11,13-20,23H,12H2,1-5H3/b8-6-,9-7+/t13-,14+,15+,16+,17-,18+,19?,20?,23+,25-/m1/s1. The van der Waals surface area contributed by atoms with Crippen LogP contribution in [0.2, 0.25) is 0 Å². The Morgan fingerprint density at radius 3 is 2.30 bits per heavy atom. The SMILES string of the molecule is C[C@@H]1C(=O)O[C@@H](C)/C=C/C=C\[C@@H](C)[C@@H]2C=C[C@@H]3C[C@@]4(C)O[C@H]4[C@@H](C)C3C2C(=O)C(Cl)(Cl)C1=O. The predicted molar refractivity (Wildman–Crippen MR) is 127 cm³/mol. The van der Waals surface area contributed by atoms with Gasteiger partial charge in [0.05, 0.1) is 11.7 Å². The van der Waals surface area contributed by atoms with Gasteiger partial charge in [0.15, 0.2) is 11.6 Å². The molecule has 0 spiro atoms.